The Morgan fingerprint density at radius 3 is 2.57 bits per heavy atom. The average molecular weight is 380 g/mol. The molecule has 6 nitrogen and oxygen atoms in total. The summed E-state index contributed by atoms with van der Waals surface area (Å²) in [6, 6.07) is 9.77. The lowest BCUT2D eigenvalue weighted by molar-refractivity contribution is -0.139. The van der Waals surface area contributed by atoms with Crippen molar-refractivity contribution >= 4 is 11.9 Å². The maximum absolute atomic E-state index is 12.7. The number of ether oxygens (including phenoxy) is 1. The molecule has 0 aliphatic carbocycles. The number of carbonyl (C=O) groups is 1. The van der Waals surface area contributed by atoms with Crippen LogP contribution in [0, 0.1) is 5.92 Å². The highest BCUT2D eigenvalue weighted by atomic mass is 16.5. The predicted molar refractivity (Wildman–Crippen MR) is 110 cm³/mol. The molecule has 2 aromatic rings. The van der Waals surface area contributed by atoms with E-state index < -0.39 is 6.04 Å². The summed E-state index contributed by atoms with van der Waals surface area (Å²) in [6.45, 7) is 8.56. The van der Waals surface area contributed by atoms with Crippen LogP contribution in [0.3, 0.4) is 0 Å². The monoisotopic (exact) mass is 380 g/mol. The fourth-order valence-corrected chi connectivity index (χ4v) is 3.37. The number of hydrogen-bond acceptors (Lipinski definition) is 5. The lowest BCUT2D eigenvalue weighted by atomic mass is 9.93. The molecule has 2 heterocycles. The van der Waals surface area contributed by atoms with Crippen LogP contribution in [-0.2, 0) is 16.0 Å². The number of carbonyl (C=O) groups excluding carboxylic acids is 1. The van der Waals surface area contributed by atoms with Crippen molar-refractivity contribution in [1.29, 1.82) is 0 Å². The van der Waals surface area contributed by atoms with Gasteiger partial charge in [0.15, 0.2) is 0 Å². The van der Waals surface area contributed by atoms with Crippen LogP contribution >= 0.6 is 0 Å². The molecule has 1 N–H and O–H groups in total. The Morgan fingerprint density at radius 1 is 1.25 bits per heavy atom. The highest BCUT2D eigenvalue weighted by molar-refractivity contribution is 5.95. The van der Waals surface area contributed by atoms with E-state index >= 15 is 0 Å². The van der Waals surface area contributed by atoms with Gasteiger partial charge in [0.25, 0.3) is 0 Å². The number of rotatable bonds is 6. The third-order valence-corrected chi connectivity index (χ3v) is 4.62. The third-order valence-electron chi connectivity index (χ3n) is 4.62. The Morgan fingerprint density at radius 2 is 2.00 bits per heavy atom. The Bertz CT molecular complexity index is 864. The summed E-state index contributed by atoms with van der Waals surface area (Å²) >= 11 is 0. The maximum Gasteiger partial charge on any atom is 0.338 e. The molecule has 1 aromatic carbocycles. The molecule has 0 saturated heterocycles. The third kappa shape index (κ3) is 4.32. The van der Waals surface area contributed by atoms with Crippen molar-refractivity contribution in [2.24, 2.45) is 10.9 Å². The second-order valence-electron chi connectivity index (χ2n) is 7.24. The molecule has 28 heavy (non-hydrogen) atoms. The van der Waals surface area contributed by atoms with E-state index in [0.717, 1.165) is 17.7 Å². The number of aliphatic imine (C=N–C) groups is 1. The van der Waals surface area contributed by atoms with Crippen LogP contribution < -0.4 is 5.32 Å². The molecule has 0 spiro atoms. The summed E-state index contributed by atoms with van der Waals surface area (Å²) < 4.78 is 7.02. The lowest BCUT2D eigenvalue weighted by Crippen LogP contribution is -2.37. The number of benzene rings is 1. The highest BCUT2D eigenvalue weighted by Crippen LogP contribution is 2.33. The van der Waals surface area contributed by atoms with E-state index in [1.165, 1.54) is 5.56 Å². The maximum atomic E-state index is 12.7. The number of aromatic nitrogens is 2. The van der Waals surface area contributed by atoms with Gasteiger partial charge in [-0.25, -0.2) is 14.5 Å². The first-order valence-corrected chi connectivity index (χ1v) is 9.87. The van der Waals surface area contributed by atoms with E-state index in [9.17, 15) is 4.79 Å². The molecule has 0 radical (unpaired) electrons. The lowest BCUT2D eigenvalue weighted by Gasteiger charge is -2.27. The van der Waals surface area contributed by atoms with Crippen LogP contribution in [0.15, 0.2) is 59.0 Å². The summed E-state index contributed by atoms with van der Waals surface area (Å²) in [7, 11) is 0. The van der Waals surface area contributed by atoms with Gasteiger partial charge in [-0.2, -0.15) is 5.10 Å². The fourth-order valence-electron chi connectivity index (χ4n) is 3.37. The van der Waals surface area contributed by atoms with Crippen molar-refractivity contribution < 1.29 is 9.53 Å². The van der Waals surface area contributed by atoms with Crippen molar-refractivity contribution in [3.05, 3.63) is 65.1 Å². The molecular weight excluding hydrogens is 352 g/mol. The number of nitrogens with zero attached hydrogens (tertiary/aromatic N) is 3. The Labute approximate surface area is 166 Å². The Balaban J connectivity index is 2.03. The predicted octanol–water partition coefficient (Wildman–Crippen LogP) is 3.86. The highest BCUT2D eigenvalue weighted by Gasteiger charge is 2.31. The van der Waals surface area contributed by atoms with E-state index in [2.05, 4.69) is 48.5 Å². The molecule has 1 atom stereocenters. The normalized spacial score (nSPS) is 16.8. The number of nitrogens with one attached hydrogen (secondary N) is 1. The minimum absolute atomic E-state index is 0.327. The molecule has 0 amide bonds. The second kappa shape index (κ2) is 8.87. The molecule has 148 valence electrons. The standard InChI is InChI=1S/C22H28N4O2/c1-5-18-19(21(27)28-6-2)20(25-22(24-18)26-13-7-12-23-26)17-10-8-16(9-11-17)14-15(3)4/h7-13,15,20H,5-6,14H2,1-4H3,(H,24,25). The first kappa shape index (κ1) is 19.9. The first-order chi connectivity index (χ1) is 13.5. The summed E-state index contributed by atoms with van der Waals surface area (Å²) in [5.74, 6) is 0.869. The number of hydrogen-bond donors (Lipinski definition) is 1. The molecule has 1 aliphatic heterocycles. The van der Waals surface area contributed by atoms with Gasteiger partial charge in [-0.05, 0) is 42.9 Å². The quantitative estimate of drug-likeness (QED) is 0.773. The molecule has 3 rings (SSSR count). The smallest absolute Gasteiger partial charge is 0.338 e. The summed E-state index contributed by atoms with van der Waals surface area (Å²) in [5.41, 5.74) is 3.63. The topological polar surface area (TPSA) is 68.5 Å². The molecule has 6 heteroatoms. The zero-order chi connectivity index (χ0) is 20.1. The van der Waals surface area contributed by atoms with Crippen LogP contribution in [0.25, 0.3) is 0 Å². The van der Waals surface area contributed by atoms with Crippen molar-refractivity contribution in [2.45, 2.75) is 46.6 Å². The zero-order valence-electron chi connectivity index (χ0n) is 17.0. The first-order valence-electron chi connectivity index (χ1n) is 9.87. The molecular formula is C22H28N4O2. The summed E-state index contributed by atoms with van der Waals surface area (Å²) in [4.78, 5) is 17.6. The van der Waals surface area contributed by atoms with Gasteiger partial charge >= 0.3 is 5.97 Å². The van der Waals surface area contributed by atoms with E-state index in [0.29, 0.717) is 30.5 Å². The minimum Gasteiger partial charge on any atom is -0.463 e. The van der Waals surface area contributed by atoms with Crippen molar-refractivity contribution in [1.82, 2.24) is 15.1 Å². The van der Waals surface area contributed by atoms with Gasteiger partial charge in [0.05, 0.1) is 12.2 Å². The summed E-state index contributed by atoms with van der Waals surface area (Å²) in [6.07, 6.45) is 5.22. The Hall–Kier alpha value is -2.89. The van der Waals surface area contributed by atoms with E-state index in [-0.39, 0.29) is 5.97 Å². The molecule has 1 unspecified atom stereocenters. The second-order valence-corrected chi connectivity index (χ2v) is 7.24. The van der Waals surface area contributed by atoms with Crippen LogP contribution in [0.1, 0.15) is 51.3 Å². The molecule has 1 aliphatic rings. The van der Waals surface area contributed by atoms with Crippen LogP contribution in [-0.4, -0.2) is 28.3 Å². The van der Waals surface area contributed by atoms with Gasteiger partial charge in [0.1, 0.15) is 6.04 Å². The van der Waals surface area contributed by atoms with E-state index in [1.807, 2.05) is 26.1 Å². The number of esters is 1. The van der Waals surface area contributed by atoms with Gasteiger partial charge in [-0.15, -0.1) is 0 Å². The van der Waals surface area contributed by atoms with Gasteiger partial charge in [-0.1, -0.05) is 45.0 Å². The summed E-state index contributed by atoms with van der Waals surface area (Å²) in [5, 5.41) is 7.54. The largest absolute Gasteiger partial charge is 0.463 e. The van der Waals surface area contributed by atoms with Crippen LogP contribution in [0.5, 0.6) is 0 Å². The Kier molecular flexibility index (Phi) is 6.29. The molecule has 1 aromatic heterocycles. The zero-order valence-corrected chi connectivity index (χ0v) is 17.0. The van der Waals surface area contributed by atoms with Crippen molar-refractivity contribution in [2.75, 3.05) is 6.61 Å². The van der Waals surface area contributed by atoms with Gasteiger partial charge < -0.3 is 10.1 Å². The molecule has 0 bridgehead atoms. The van der Waals surface area contributed by atoms with E-state index in [4.69, 9.17) is 9.73 Å². The molecule has 0 saturated carbocycles. The number of allylic oxidation sites excluding steroid dienone is 1. The molecule has 0 fully saturated rings. The van der Waals surface area contributed by atoms with Crippen LogP contribution in [0.2, 0.25) is 0 Å². The van der Waals surface area contributed by atoms with Gasteiger partial charge in [0, 0.05) is 18.1 Å². The minimum atomic E-state index is -0.428. The van der Waals surface area contributed by atoms with Crippen molar-refractivity contribution in [3.8, 4) is 0 Å². The SMILES string of the molecule is CCOC(=O)C1=C(CC)NC(n2cccn2)=NC1c1ccc(CC(C)C)cc1. The van der Waals surface area contributed by atoms with Gasteiger partial charge in [-0.3, -0.25) is 0 Å². The van der Waals surface area contributed by atoms with Crippen molar-refractivity contribution in [3.63, 3.8) is 0 Å². The average Bonchev–Trinajstić information content (AvgIpc) is 3.22. The van der Waals surface area contributed by atoms with Gasteiger partial charge in [0.2, 0.25) is 5.96 Å². The van der Waals surface area contributed by atoms with Crippen LogP contribution in [0.4, 0.5) is 0 Å². The van der Waals surface area contributed by atoms with E-state index in [1.54, 1.807) is 10.9 Å². The fraction of sp³-hybridized carbons (Fsp3) is 0.409.